The second kappa shape index (κ2) is 6.70. The Morgan fingerprint density at radius 3 is 2.65 bits per heavy atom. The Bertz CT molecular complexity index is 600. The van der Waals surface area contributed by atoms with Crippen molar-refractivity contribution in [1.82, 2.24) is 15.5 Å². The number of urea groups is 1. The molecule has 2 unspecified atom stereocenters. The van der Waals surface area contributed by atoms with Crippen LogP contribution in [-0.2, 0) is 9.59 Å². The van der Waals surface area contributed by atoms with E-state index in [1.807, 2.05) is 38.3 Å². The number of thiophene rings is 1. The van der Waals surface area contributed by atoms with Gasteiger partial charge in [0.1, 0.15) is 12.1 Å². The van der Waals surface area contributed by atoms with Crippen LogP contribution in [0.15, 0.2) is 17.5 Å². The van der Waals surface area contributed by atoms with Crippen molar-refractivity contribution in [3.63, 3.8) is 0 Å². The second-order valence-electron chi connectivity index (χ2n) is 6.56. The third kappa shape index (κ3) is 3.90. The van der Waals surface area contributed by atoms with Crippen molar-refractivity contribution >= 4 is 29.2 Å². The predicted octanol–water partition coefficient (Wildman–Crippen LogP) is 2.28. The molecule has 126 valence electrons. The smallest absolute Gasteiger partial charge is 0.325 e. The normalized spacial score (nSPS) is 22.4. The molecule has 0 aromatic carbocycles. The molecule has 6 nitrogen and oxygen atoms in total. The summed E-state index contributed by atoms with van der Waals surface area (Å²) in [6, 6.07) is 3.20. The Balaban J connectivity index is 1.98. The molecule has 0 aliphatic carbocycles. The number of rotatable bonds is 6. The molecule has 7 heteroatoms. The number of carbonyl (C=O) groups excluding carboxylic acids is 3. The Morgan fingerprint density at radius 2 is 2.09 bits per heavy atom. The highest BCUT2D eigenvalue weighted by Crippen LogP contribution is 2.25. The van der Waals surface area contributed by atoms with Crippen LogP contribution < -0.4 is 10.6 Å². The fourth-order valence-electron chi connectivity index (χ4n) is 2.89. The molecule has 0 spiro atoms. The molecule has 23 heavy (non-hydrogen) atoms. The van der Waals surface area contributed by atoms with Crippen LogP contribution in [0.25, 0.3) is 0 Å². The zero-order chi connectivity index (χ0) is 17.2. The minimum absolute atomic E-state index is 0.148. The maximum absolute atomic E-state index is 12.5. The van der Waals surface area contributed by atoms with Crippen LogP contribution in [0, 0.1) is 5.92 Å². The van der Waals surface area contributed by atoms with Crippen LogP contribution in [0.3, 0.4) is 0 Å². The molecule has 0 bridgehead atoms. The molecule has 1 fully saturated rings. The highest BCUT2D eigenvalue weighted by Gasteiger charge is 2.48. The minimum Gasteiger partial charge on any atom is -0.347 e. The van der Waals surface area contributed by atoms with Gasteiger partial charge in [-0.2, -0.15) is 0 Å². The topological polar surface area (TPSA) is 78.5 Å². The first-order chi connectivity index (χ1) is 10.7. The van der Waals surface area contributed by atoms with Gasteiger partial charge in [0.25, 0.3) is 5.91 Å². The SMILES string of the molecule is CC(C)CC1(C)NC(=O)N(CC(=O)NC(C)c2cccs2)C1=O. The first kappa shape index (κ1) is 17.5. The number of amides is 4. The molecule has 2 atom stereocenters. The van der Waals surface area contributed by atoms with Crippen LogP contribution in [-0.4, -0.2) is 34.8 Å². The summed E-state index contributed by atoms with van der Waals surface area (Å²) in [5, 5.41) is 7.46. The molecule has 2 heterocycles. The standard InChI is InChI=1S/C16H23N3O3S/c1-10(2)8-16(4)14(21)19(15(22)18-16)9-13(20)17-11(3)12-6-5-7-23-12/h5-7,10-11H,8-9H2,1-4H3,(H,17,20)(H,18,22). The van der Waals surface area contributed by atoms with Crippen LogP contribution in [0.1, 0.15) is 45.0 Å². The van der Waals surface area contributed by atoms with Gasteiger partial charge in [-0.1, -0.05) is 19.9 Å². The average molecular weight is 337 g/mol. The maximum atomic E-state index is 12.5. The molecule has 1 aromatic heterocycles. The van der Waals surface area contributed by atoms with Gasteiger partial charge in [0.15, 0.2) is 0 Å². The highest BCUT2D eigenvalue weighted by atomic mass is 32.1. The van der Waals surface area contributed by atoms with E-state index in [0.29, 0.717) is 6.42 Å². The first-order valence-corrected chi connectivity index (χ1v) is 8.58. The van der Waals surface area contributed by atoms with Gasteiger partial charge in [-0.05, 0) is 37.6 Å². The number of nitrogens with zero attached hydrogens (tertiary/aromatic N) is 1. The Labute approximate surface area is 140 Å². The monoisotopic (exact) mass is 337 g/mol. The molecule has 4 amide bonds. The van der Waals surface area contributed by atoms with E-state index in [0.717, 1.165) is 9.78 Å². The van der Waals surface area contributed by atoms with Gasteiger partial charge in [-0.3, -0.25) is 14.5 Å². The van der Waals surface area contributed by atoms with E-state index in [9.17, 15) is 14.4 Å². The molecule has 1 aliphatic heterocycles. The number of hydrogen-bond acceptors (Lipinski definition) is 4. The summed E-state index contributed by atoms with van der Waals surface area (Å²) in [5.74, 6) is -0.421. The van der Waals surface area contributed by atoms with Crippen LogP contribution in [0.2, 0.25) is 0 Å². The second-order valence-corrected chi connectivity index (χ2v) is 7.54. The highest BCUT2D eigenvalue weighted by molar-refractivity contribution is 7.10. The van der Waals surface area contributed by atoms with E-state index in [-0.39, 0.29) is 30.3 Å². The number of hydrogen-bond donors (Lipinski definition) is 2. The van der Waals surface area contributed by atoms with Gasteiger partial charge >= 0.3 is 6.03 Å². The maximum Gasteiger partial charge on any atom is 0.325 e. The van der Waals surface area contributed by atoms with E-state index in [2.05, 4.69) is 10.6 Å². The molecular weight excluding hydrogens is 314 g/mol. The van der Waals surface area contributed by atoms with Gasteiger partial charge in [0, 0.05) is 4.88 Å². The van der Waals surface area contributed by atoms with Crippen molar-refractivity contribution in [2.45, 2.75) is 45.7 Å². The third-order valence-corrected chi connectivity index (χ3v) is 4.87. The summed E-state index contributed by atoms with van der Waals surface area (Å²) < 4.78 is 0. The number of imide groups is 1. The van der Waals surface area contributed by atoms with Gasteiger partial charge in [0.2, 0.25) is 5.91 Å². The molecule has 1 saturated heterocycles. The molecule has 0 saturated carbocycles. The van der Waals surface area contributed by atoms with E-state index >= 15 is 0 Å². The Morgan fingerprint density at radius 1 is 1.39 bits per heavy atom. The van der Waals surface area contributed by atoms with Crippen molar-refractivity contribution in [3.8, 4) is 0 Å². The quantitative estimate of drug-likeness (QED) is 0.782. The lowest BCUT2D eigenvalue weighted by Crippen LogP contribution is -2.46. The van der Waals surface area contributed by atoms with Crippen molar-refractivity contribution in [1.29, 1.82) is 0 Å². The summed E-state index contributed by atoms with van der Waals surface area (Å²) >= 11 is 1.55. The van der Waals surface area contributed by atoms with Crippen LogP contribution >= 0.6 is 11.3 Å². The zero-order valence-corrected chi connectivity index (χ0v) is 14.7. The summed E-state index contributed by atoms with van der Waals surface area (Å²) in [7, 11) is 0. The fourth-order valence-corrected chi connectivity index (χ4v) is 3.62. The van der Waals surface area contributed by atoms with Gasteiger partial charge in [0.05, 0.1) is 6.04 Å². The van der Waals surface area contributed by atoms with E-state index in [4.69, 9.17) is 0 Å². The molecule has 0 radical (unpaired) electrons. The lowest BCUT2D eigenvalue weighted by atomic mass is 9.91. The van der Waals surface area contributed by atoms with Gasteiger partial charge in [-0.25, -0.2) is 4.79 Å². The molecular formula is C16H23N3O3S. The average Bonchev–Trinajstić information content (AvgIpc) is 3.02. The van der Waals surface area contributed by atoms with Gasteiger partial charge in [-0.15, -0.1) is 11.3 Å². The van der Waals surface area contributed by atoms with Crippen molar-refractivity contribution in [2.75, 3.05) is 6.54 Å². The minimum atomic E-state index is -0.926. The van der Waals surface area contributed by atoms with E-state index < -0.39 is 11.6 Å². The fraction of sp³-hybridized carbons (Fsp3) is 0.562. The largest absolute Gasteiger partial charge is 0.347 e. The molecule has 2 N–H and O–H groups in total. The van der Waals surface area contributed by atoms with Crippen LogP contribution in [0.5, 0.6) is 0 Å². The van der Waals surface area contributed by atoms with E-state index in [1.165, 1.54) is 0 Å². The van der Waals surface area contributed by atoms with Crippen molar-refractivity contribution in [2.24, 2.45) is 5.92 Å². The lowest BCUT2D eigenvalue weighted by molar-refractivity contribution is -0.135. The third-order valence-electron chi connectivity index (χ3n) is 3.81. The predicted molar refractivity (Wildman–Crippen MR) is 89.0 cm³/mol. The van der Waals surface area contributed by atoms with Crippen molar-refractivity contribution in [3.05, 3.63) is 22.4 Å². The zero-order valence-electron chi connectivity index (χ0n) is 13.9. The Kier molecular flexibility index (Phi) is 5.09. The number of carbonyl (C=O) groups is 3. The summed E-state index contributed by atoms with van der Waals surface area (Å²) in [6.45, 7) is 7.30. The number of nitrogens with one attached hydrogen (secondary N) is 2. The van der Waals surface area contributed by atoms with E-state index in [1.54, 1.807) is 18.3 Å². The molecule has 2 rings (SSSR count). The van der Waals surface area contributed by atoms with Crippen LogP contribution in [0.4, 0.5) is 4.79 Å². The summed E-state index contributed by atoms with van der Waals surface area (Å²) in [5.41, 5.74) is -0.926. The summed E-state index contributed by atoms with van der Waals surface area (Å²) in [4.78, 5) is 38.7. The summed E-state index contributed by atoms with van der Waals surface area (Å²) in [6.07, 6.45) is 0.543. The molecule has 1 aliphatic rings. The van der Waals surface area contributed by atoms with Gasteiger partial charge < -0.3 is 10.6 Å². The first-order valence-electron chi connectivity index (χ1n) is 7.70. The lowest BCUT2D eigenvalue weighted by Gasteiger charge is -2.23. The van der Waals surface area contributed by atoms with Crippen molar-refractivity contribution < 1.29 is 14.4 Å². The molecule has 1 aromatic rings. The Hall–Kier alpha value is -1.89.